The van der Waals surface area contributed by atoms with Gasteiger partial charge in [0, 0.05) is 24.4 Å². The van der Waals surface area contributed by atoms with Crippen LogP contribution in [0.3, 0.4) is 0 Å². The molecular formula is C15H21F2NO. The molecule has 0 spiro atoms. The molecular weight excluding hydrogens is 248 g/mol. The molecule has 0 radical (unpaired) electrons. The van der Waals surface area contributed by atoms with Crippen LogP contribution < -0.4 is 5.73 Å². The van der Waals surface area contributed by atoms with E-state index in [1.54, 1.807) is 0 Å². The van der Waals surface area contributed by atoms with Gasteiger partial charge in [-0.25, -0.2) is 8.78 Å². The van der Waals surface area contributed by atoms with E-state index in [1.807, 2.05) is 13.8 Å². The molecule has 19 heavy (non-hydrogen) atoms. The third kappa shape index (κ3) is 5.47. The van der Waals surface area contributed by atoms with Gasteiger partial charge in [-0.05, 0) is 31.4 Å². The molecule has 1 aromatic carbocycles. The number of Topliss-reactive ketones (excluding diaryl/α,β-unsaturated/α-hetero) is 1. The lowest BCUT2D eigenvalue weighted by molar-refractivity contribution is -0.122. The third-order valence-corrected chi connectivity index (χ3v) is 3.23. The molecule has 0 saturated heterocycles. The van der Waals surface area contributed by atoms with Crippen LogP contribution in [0, 0.1) is 17.6 Å². The Bertz CT molecular complexity index is 432. The van der Waals surface area contributed by atoms with Crippen molar-refractivity contribution in [2.45, 2.75) is 45.6 Å². The van der Waals surface area contributed by atoms with Crippen molar-refractivity contribution < 1.29 is 13.6 Å². The van der Waals surface area contributed by atoms with Crippen LogP contribution in [0.15, 0.2) is 18.2 Å². The average Bonchev–Trinajstić information content (AvgIpc) is 2.32. The van der Waals surface area contributed by atoms with E-state index < -0.39 is 11.6 Å². The predicted octanol–water partition coefficient (Wildman–Crippen LogP) is 3.23. The Morgan fingerprint density at radius 3 is 2.53 bits per heavy atom. The van der Waals surface area contributed by atoms with Crippen molar-refractivity contribution in [1.82, 2.24) is 0 Å². The first-order valence-electron chi connectivity index (χ1n) is 6.62. The summed E-state index contributed by atoms with van der Waals surface area (Å²) in [5.74, 6) is -1.42. The molecule has 1 aromatic rings. The molecule has 0 heterocycles. The average molecular weight is 269 g/mol. The predicted molar refractivity (Wildman–Crippen MR) is 71.7 cm³/mol. The molecule has 4 heteroatoms. The van der Waals surface area contributed by atoms with Crippen molar-refractivity contribution in [3.05, 3.63) is 35.4 Å². The van der Waals surface area contributed by atoms with Crippen molar-refractivity contribution in [2.75, 3.05) is 0 Å². The second-order valence-corrected chi connectivity index (χ2v) is 5.19. The van der Waals surface area contributed by atoms with Gasteiger partial charge in [-0.15, -0.1) is 0 Å². The lowest BCUT2D eigenvalue weighted by Crippen LogP contribution is -2.17. The summed E-state index contributed by atoms with van der Waals surface area (Å²) >= 11 is 0. The number of hydrogen-bond donors (Lipinski definition) is 1. The summed E-state index contributed by atoms with van der Waals surface area (Å²) in [5, 5.41) is 0. The van der Waals surface area contributed by atoms with E-state index in [0.717, 1.165) is 25.3 Å². The number of ketones is 1. The second kappa shape index (κ2) is 7.34. The summed E-state index contributed by atoms with van der Waals surface area (Å²) < 4.78 is 26.2. The number of halogens is 2. The summed E-state index contributed by atoms with van der Waals surface area (Å²) in [6, 6.07) is 3.45. The highest BCUT2D eigenvalue weighted by Gasteiger charge is 2.15. The van der Waals surface area contributed by atoms with E-state index in [2.05, 4.69) is 0 Å². The second-order valence-electron chi connectivity index (χ2n) is 5.19. The van der Waals surface area contributed by atoms with Crippen molar-refractivity contribution in [3.63, 3.8) is 0 Å². The molecule has 0 aliphatic heterocycles. The van der Waals surface area contributed by atoms with Gasteiger partial charge in [0.1, 0.15) is 17.4 Å². The fourth-order valence-electron chi connectivity index (χ4n) is 1.93. The molecule has 0 fully saturated rings. The van der Waals surface area contributed by atoms with Gasteiger partial charge in [-0.3, -0.25) is 4.79 Å². The maximum Gasteiger partial charge on any atom is 0.140 e. The molecule has 0 aromatic heterocycles. The van der Waals surface area contributed by atoms with Crippen LogP contribution in [0.25, 0.3) is 0 Å². The first kappa shape index (κ1) is 15.8. The van der Waals surface area contributed by atoms with Gasteiger partial charge < -0.3 is 5.73 Å². The lowest BCUT2D eigenvalue weighted by atomic mass is 9.94. The van der Waals surface area contributed by atoms with Crippen LogP contribution in [0.1, 0.15) is 38.7 Å². The van der Waals surface area contributed by atoms with E-state index in [0.29, 0.717) is 0 Å². The quantitative estimate of drug-likeness (QED) is 0.825. The number of carbonyl (C=O) groups is 1. The number of rotatable bonds is 7. The Morgan fingerprint density at radius 1 is 1.26 bits per heavy atom. The monoisotopic (exact) mass is 269 g/mol. The Labute approximate surface area is 113 Å². The minimum absolute atomic E-state index is 0.0183. The van der Waals surface area contributed by atoms with Gasteiger partial charge >= 0.3 is 0 Å². The minimum Gasteiger partial charge on any atom is -0.328 e. The van der Waals surface area contributed by atoms with Crippen LogP contribution in [-0.4, -0.2) is 11.8 Å². The zero-order chi connectivity index (χ0) is 14.4. The summed E-state index contributed by atoms with van der Waals surface area (Å²) in [6.45, 7) is 3.77. The first-order chi connectivity index (χ1) is 8.90. The van der Waals surface area contributed by atoms with Gasteiger partial charge in [0.15, 0.2) is 0 Å². The Balaban J connectivity index is 2.49. The Kier molecular flexibility index (Phi) is 6.09. The van der Waals surface area contributed by atoms with Gasteiger partial charge in [0.05, 0.1) is 0 Å². The first-order valence-corrected chi connectivity index (χ1v) is 6.62. The molecule has 1 rings (SSSR count). The van der Waals surface area contributed by atoms with E-state index in [-0.39, 0.29) is 29.7 Å². The summed E-state index contributed by atoms with van der Waals surface area (Å²) in [4.78, 5) is 11.9. The highest BCUT2D eigenvalue weighted by atomic mass is 19.1. The van der Waals surface area contributed by atoms with Crippen molar-refractivity contribution in [1.29, 1.82) is 0 Å². The molecule has 2 unspecified atom stereocenters. The van der Waals surface area contributed by atoms with E-state index in [9.17, 15) is 13.6 Å². The number of nitrogens with two attached hydrogens (primary N) is 1. The lowest BCUT2D eigenvalue weighted by Gasteiger charge is -2.11. The van der Waals surface area contributed by atoms with Crippen molar-refractivity contribution in [3.8, 4) is 0 Å². The Hall–Kier alpha value is -1.29. The molecule has 0 saturated carbocycles. The van der Waals surface area contributed by atoms with Crippen LogP contribution >= 0.6 is 0 Å². The van der Waals surface area contributed by atoms with Crippen LogP contribution in [0.2, 0.25) is 0 Å². The van der Waals surface area contributed by atoms with Crippen molar-refractivity contribution in [2.24, 2.45) is 11.7 Å². The molecule has 0 aliphatic rings. The number of hydrogen-bond acceptors (Lipinski definition) is 2. The van der Waals surface area contributed by atoms with E-state index >= 15 is 0 Å². The SMILES string of the molecule is CC(N)CCCC(C)C(=O)Cc1ccc(F)cc1F. The van der Waals surface area contributed by atoms with Gasteiger partial charge in [0.2, 0.25) is 0 Å². The molecule has 2 N–H and O–H groups in total. The normalized spacial score (nSPS) is 14.2. The van der Waals surface area contributed by atoms with E-state index in [4.69, 9.17) is 5.73 Å². The zero-order valence-electron chi connectivity index (χ0n) is 11.5. The summed E-state index contributed by atoms with van der Waals surface area (Å²) in [6.07, 6.45) is 2.54. The Morgan fingerprint density at radius 2 is 1.95 bits per heavy atom. The standard InChI is InChI=1S/C15H21F2NO/c1-10(4-3-5-11(2)18)15(19)8-12-6-7-13(16)9-14(12)17/h6-7,9-11H,3-5,8,18H2,1-2H3. The van der Waals surface area contributed by atoms with Crippen LogP contribution in [0.4, 0.5) is 8.78 Å². The highest BCUT2D eigenvalue weighted by molar-refractivity contribution is 5.82. The maximum atomic E-state index is 13.4. The smallest absolute Gasteiger partial charge is 0.140 e. The molecule has 0 bridgehead atoms. The molecule has 0 amide bonds. The highest BCUT2D eigenvalue weighted by Crippen LogP contribution is 2.16. The van der Waals surface area contributed by atoms with Gasteiger partial charge in [-0.2, -0.15) is 0 Å². The topological polar surface area (TPSA) is 43.1 Å². The molecule has 0 aliphatic carbocycles. The molecule has 2 nitrogen and oxygen atoms in total. The van der Waals surface area contributed by atoms with Crippen LogP contribution in [0.5, 0.6) is 0 Å². The number of carbonyl (C=O) groups excluding carboxylic acids is 1. The van der Waals surface area contributed by atoms with Gasteiger partial charge in [0.25, 0.3) is 0 Å². The summed E-state index contributed by atoms with van der Waals surface area (Å²) in [5.41, 5.74) is 5.90. The fraction of sp³-hybridized carbons (Fsp3) is 0.533. The largest absolute Gasteiger partial charge is 0.328 e. The molecule has 2 atom stereocenters. The van der Waals surface area contributed by atoms with Crippen LogP contribution in [-0.2, 0) is 11.2 Å². The number of benzene rings is 1. The third-order valence-electron chi connectivity index (χ3n) is 3.23. The minimum atomic E-state index is -0.656. The van der Waals surface area contributed by atoms with Gasteiger partial charge in [-0.1, -0.05) is 19.4 Å². The van der Waals surface area contributed by atoms with Crippen molar-refractivity contribution >= 4 is 5.78 Å². The molecule has 106 valence electrons. The van der Waals surface area contributed by atoms with E-state index in [1.165, 1.54) is 12.1 Å². The fourth-order valence-corrected chi connectivity index (χ4v) is 1.93. The zero-order valence-corrected chi connectivity index (χ0v) is 11.5. The maximum absolute atomic E-state index is 13.4. The summed E-state index contributed by atoms with van der Waals surface area (Å²) in [7, 11) is 0.